The first-order valence-electron chi connectivity index (χ1n) is 22.0. The number of aromatic nitrogens is 8. The average Bonchev–Trinajstić information content (AvgIpc) is 3.99. The number of unbranched alkanes of at least 4 members (excludes halogenated alkanes) is 2. The van der Waals surface area contributed by atoms with Gasteiger partial charge in [0.2, 0.25) is 11.9 Å². The molecule has 2 amide bonds. The quantitative estimate of drug-likeness (QED) is 0.0597. The molecule has 2 fully saturated rings. The standard InChI is InChI=1S/C45H55N15O4/c1-28-34-26-50-45(54-42(34)60(31-10-6-7-11-31)44(64)39(28)29(2)61)52-35-13-12-32(25-49-35)59-22-20-58(21-23-59)27-38(62)46-17-8-5-9-18-47-41-33(24-30-16-19-48-40(30)53-41)43(63)51-36-14-15-37(56-55-36)57(3)4/h12-16,19,24-26,31H,5-11,17-18,20-23,27H2,1-4H3,(H,46,62)(H2,47,48,53)(H,51,55,63)(H,49,50,52,54). The molecule has 0 radical (unpaired) electrons. The average molecular weight is 870 g/mol. The van der Waals surface area contributed by atoms with Crippen molar-refractivity contribution in [1.82, 2.24) is 49.9 Å². The number of rotatable bonds is 17. The topological polar surface area (TPSA) is 224 Å². The molecule has 1 saturated heterocycles. The molecule has 5 N–H and O–H groups in total. The Morgan fingerprint density at radius 2 is 1.67 bits per heavy atom. The minimum absolute atomic E-state index is 0.000752. The minimum atomic E-state index is -0.334. The number of aryl methyl sites for hydroxylation is 1. The summed E-state index contributed by atoms with van der Waals surface area (Å²) in [6.07, 6.45) is 11.6. The van der Waals surface area contributed by atoms with Gasteiger partial charge in [-0.1, -0.05) is 12.8 Å². The van der Waals surface area contributed by atoms with E-state index in [1.807, 2.05) is 43.4 Å². The molecule has 334 valence electrons. The molecule has 8 rings (SSSR count). The second-order valence-corrected chi connectivity index (χ2v) is 16.7. The Hall–Kier alpha value is -7.02. The lowest BCUT2D eigenvalue weighted by Crippen LogP contribution is -2.49. The van der Waals surface area contributed by atoms with Crippen LogP contribution >= 0.6 is 0 Å². The van der Waals surface area contributed by atoms with Gasteiger partial charge in [-0.25, -0.2) is 15.0 Å². The maximum atomic E-state index is 13.6. The molecule has 19 nitrogen and oxygen atoms in total. The van der Waals surface area contributed by atoms with E-state index >= 15 is 0 Å². The summed E-state index contributed by atoms with van der Waals surface area (Å²) in [6, 6.07) is 11.1. The number of pyridine rings is 3. The molecular weight excluding hydrogens is 815 g/mol. The monoisotopic (exact) mass is 869 g/mol. The highest BCUT2D eigenvalue weighted by Crippen LogP contribution is 2.32. The van der Waals surface area contributed by atoms with E-state index in [0.717, 1.165) is 82.2 Å². The smallest absolute Gasteiger partial charge is 0.263 e. The van der Waals surface area contributed by atoms with Gasteiger partial charge in [0, 0.05) is 82.6 Å². The van der Waals surface area contributed by atoms with Crippen molar-refractivity contribution in [2.75, 3.05) is 85.7 Å². The van der Waals surface area contributed by atoms with Crippen molar-refractivity contribution in [3.8, 4) is 0 Å². The third-order valence-electron chi connectivity index (χ3n) is 11.9. The first-order valence-corrected chi connectivity index (χ1v) is 22.0. The number of amides is 2. The van der Waals surface area contributed by atoms with Crippen molar-refractivity contribution in [3.63, 3.8) is 0 Å². The van der Waals surface area contributed by atoms with Crippen LogP contribution in [0.25, 0.3) is 22.1 Å². The summed E-state index contributed by atoms with van der Waals surface area (Å²) < 4.78 is 1.70. The number of hydrogen-bond acceptors (Lipinski definition) is 15. The van der Waals surface area contributed by atoms with Gasteiger partial charge < -0.3 is 36.1 Å². The summed E-state index contributed by atoms with van der Waals surface area (Å²) in [5.41, 5.74) is 3.13. The molecule has 0 bridgehead atoms. The zero-order chi connectivity index (χ0) is 44.7. The van der Waals surface area contributed by atoms with E-state index < -0.39 is 0 Å². The third-order valence-corrected chi connectivity index (χ3v) is 11.9. The number of fused-ring (bicyclic) bond motifs is 2. The Kier molecular flexibility index (Phi) is 13.3. The van der Waals surface area contributed by atoms with E-state index in [4.69, 9.17) is 4.98 Å². The fraction of sp³-hybridized carbons (Fsp3) is 0.422. The molecule has 64 heavy (non-hydrogen) atoms. The Labute approximate surface area is 370 Å². The third kappa shape index (κ3) is 9.94. The fourth-order valence-corrected chi connectivity index (χ4v) is 8.46. The Morgan fingerprint density at radius 3 is 2.39 bits per heavy atom. The Morgan fingerprint density at radius 1 is 0.891 bits per heavy atom. The van der Waals surface area contributed by atoms with Gasteiger partial charge in [0.05, 0.1) is 29.6 Å². The van der Waals surface area contributed by atoms with Crippen LogP contribution < -0.4 is 36.6 Å². The molecule has 2 aliphatic rings. The van der Waals surface area contributed by atoms with Crippen LogP contribution in [-0.2, 0) is 4.79 Å². The van der Waals surface area contributed by atoms with Crippen LogP contribution in [0.2, 0.25) is 0 Å². The minimum Gasteiger partial charge on any atom is -0.369 e. The van der Waals surface area contributed by atoms with Crippen molar-refractivity contribution < 1.29 is 14.4 Å². The van der Waals surface area contributed by atoms with E-state index in [-0.39, 0.29) is 34.8 Å². The first-order chi connectivity index (χ1) is 31.0. The van der Waals surface area contributed by atoms with Crippen molar-refractivity contribution >= 4 is 74.6 Å². The second-order valence-electron chi connectivity index (χ2n) is 16.7. The predicted octanol–water partition coefficient (Wildman–Crippen LogP) is 5.06. The number of piperazine rings is 1. The molecule has 6 aromatic heterocycles. The van der Waals surface area contributed by atoms with E-state index in [2.05, 4.69) is 61.2 Å². The molecule has 6 aromatic rings. The lowest BCUT2D eigenvalue weighted by molar-refractivity contribution is -0.122. The molecule has 7 heterocycles. The zero-order valence-electron chi connectivity index (χ0n) is 36.8. The number of nitrogens with one attached hydrogen (secondary N) is 5. The van der Waals surface area contributed by atoms with Gasteiger partial charge in [0.1, 0.15) is 22.9 Å². The summed E-state index contributed by atoms with van der Waals surface area (Å²) >= 11 is 0. The van der Waals surface area contributed by atoms with Crippen molar-refractivity contribution in [2.24, 2.45) is 0 Å². The lowest BCUT2D eigenvalue weighted by atomic mass is 10.0. The Balaban J connectivity index is 0.758. The van der Waals surface area contributed by atoms with E-state index in [1.54, 1.807) is 42.1 Å². The lowest BCUT2D eigenvalue weighted by Gasteiger charge is -2.35. The Bertz CT molecular complexity index is 2680. The molecule has 0 aromatic carbocycles. The predicted molar refractivity (Wildman–Crippen MR) is 248 cm³/mol. The van der Waals surface area contributed by atoms with Crippen molar-refractivity contribution in [1.29, 1.82) is 0 Å². The number of anilines is 6. The number of Topliss-reactive ketones (excluding diaryl/α,β-unsaturated/α-hetero) is 1. The summed E-state index contributed by atoms with van der Waals surface area (Å²) in [7, 11) is 3.74. The molecule has 1 aliphatic heterocycles. The summed E-state index contributed by atoms with van der Waals surface area (Å²) in [5, 5.41) is 22.2. The highest BCUT2D eigenvalue weighted by atomic mass is 16.2. The maximum Gasteiger partial charge on any atom is 0.263 e. The van der Waals surface area contributed by atoms with Crippen LogP contribution in [0.5, 0.6) is 0 Å². The second kappa shape index (κ2) is 19.6. The number of aromatic amines is 1. The largest absolute Gasteiger partial charge is 0.369 e. The number of carbonyl (C=O) groups is 3. The molecule has 1 saturated carbocycles. The molecule has 0 unspecified atom stereocenters. The van der Waals surface area contributed by atoms with Crippen LogP contribution in [-0.4, -0.2) is 122 Å². The molecule has 19 heteroatoms. The SMILES string of the molecule is CC(=O)c1c(C)c2cnc(Nc3ccc(N4CCN(CC(=O)NCCCCCNc5nc6[nH]ccc6cc5C(=O)Nc5ccc(N(C)C)nn5)CC4)cn3)nc2n(C2CCCC2)c1=O. The van der Waals surface area contributed by atoms with E-state index in [1.165, 1.54) is 6.92 Å². The number of nitrogens with zero attached hydrogens (tertiary/aromatic N) is 10. The van der Waals surface area contributed by atoms with Crippen LogP contribution in [0.1, 0.15) is 84.2 Å². The van der Waals surface area contributed by atoms with Gasteiger partial charge in [-0.05, 0) is 87.9 Å². The van der Waals surface area contributed by atoms with Crippen LogP contribution in [0.4, 0.5) is 34.9 Å². The molecule has 0 spiro atoms. The summed E-state index contributed by atoms with van der Waals surface area (Å²) in [4.78, 5) is 80.1. The maximum absolute atomic E-state index is 13.6. The first kappa shape index (κ1) is 43.6. The molecular formula is C45H55N15O4. The highest BCUT2D eigenvalue weighted by molar-refractivity contribution is 6.09. The normalized spacial score (nSPS) is 14.5. The van der Waals surface area contributed by atoms with Crippen LogP contribution in [0.3, 0.4) is 0 Å². The fourth-order valence-electron chi connectivity index (χ4n) is 8.46. The zero-order valence-corrected chi connectivity index (χ0v) is 36.8. The number of carbonyl (C=O) groups excluding carboxylic acids is 3. The van der Waals surface area contributed by atoms with Gasteiger partial charge in [-0.15, -0.1) is 10.2 Å². The molecule has 0 atom stereocenters. The van der Waals surface area contributed by atoms with E-state index in [9.17, 15) is 19.2 Å². The van der Waals surface area contributed by atoms with E-state index in [0.29, 0.717) is 76.7 Å². The number of ketones is 1. The number of H-pyrrole nitrogens is 1. The van der Waals surface area contributed by atoms with Crippen molar-refractivity contribution in [3.05, 3.63) is 82.0 Å². The molecule has 1 aliphatic carbocycles. The summed E-state index contributed by atoms with van der Waals surface area (Å²) in [5.74, 6) is 1.83. The van der Waals surface area contributed by atoms with Crippen molar-refractivity contribution in [2.45, 2.75) is 64.8 Å². The highest BCUT2D eigenvalue weighted by Gasteiger charge is 2.26. The van der Waals surface area contributed by atoms with Gasteiger partial charge in [-0.3, -0.25) is 28.6 Å². The van der Waals surface area contributed by atoms with Crippen LogP contribution in [0, 0.1) is 6.92 Å². The summed E-state index contributed by atoms with van der Waals surface area (Å²) in [6.45, 7) is 7.77. The van der Waals surface area contributed by atoms with Gasteiger partial charge >= 0.3 is 0 Å². The van der Waals surface area contributed by atoms with Crippen LogP contribution in [0.15, 0.2) is 59.8 Å². The van der Waals surface area contributed by atoms with Gasteiger partial charge in [-0.2, -0.15) is 4.98 Å². The van der Waals surface area contributed by atoms with Gasteiger partial charge in [0.15, 0.2) is 17.4 Å². The van der Waals surface area contributed by atoms with Gasteiger partial charge in [0.25, 0.3) is 11.5 Å². The number of hydrogen-bond donors (Lipinski definition) is 5.